The van der Waals surface area contributed by atoms with Crippen LogP contribution in [-0.4, -0.2) is 29.2 Å². The summed E-state index contributed by atoms with van der Waals surface area (Å²) in [6, 6.07) is 16.0. The predicted molar refractivity (Wildman–Crippen MR) is 124 cm³/mol. The fraction of sp³-hybridized carbons (Fsp3) is 0.0833. The van der Waals surface area contributed by atoms with Crippen molar-refractivity contribution in [3.63, 3.8) is 0 Å². The van der Waals surface area contributed by atoms with Crippen LogP contribution in [0.5, 0.6) is 11.5 Å². The summed E-state index contributed by atoms with van der Waals surface area (Å²) >= 11 is 0. The van der Waals surface area contributed by atoms with E-state index in [0.29, 0.717) is 39.0 Å². The number of hydrogen-bond donors (Lipinski definition) is 1. The number of sulfone groups is 1. The van der Waals surface area contributed by atoms with Gasteiger partial charge in [-0.15, -0.1) is 0 Å². The molecule has 0 spiro atoms. The lowest BCUT2D eigenvalue weighted by Gasteiger charge is -2.15. The zero-order valence-corrected chi connectivity index (χ0v) is 18.2. The first-order valence-corrected chi connectivity index (χ1v) is 11.7. The third-order valence-corrected chi connectivity index (χ3v) is 6.49. The molecule has 3 heterocycles. The molecule has 2 aromatic carbocycles. The maximum atomic E-state index is 12.5. The maximum absolute atomic E-state index is 12.5. The average Bonchev–Trinajstić information content (AvgIpc) is 3.26. The quantitative estimate of drug-likeness (QED) is 0.446. The van der Waals surface area contributed by atoms with Gasteiger partial charge in [-0.2, -0.15) is 0 Å². The van der Waals surface area contributed by atoms with Crippen LogP contribution in [0.15, 0.2) is 82.9 Å². The molecule has 0 fully saturated rings. The second-order valence-corrected chi connectivity index (χ2v) is 9.60. The van der Waals surface area contributed by atoms with Crippen LogP contribution in [-0.2, 0) is 16.9 Å². The first kappa shape index (κ1) is 20.0. The van der Waals surface area contributed by atoms with Crippen LogP contribution < -0.4 is 10.3 Å². The Labute approximate surface area is 183 Å². The molecule has 0 aliphatic heterocycles. The van der Waals surface area contributed by atoms with E-state index in [4.69, 9.17) is 4.74 Å². The summed E-state index contributed by atoms with van der Waals surface area (Å²) in [4.78, 5) is 20.1. The van der Waals surface area contributed by atoms with Crippen molar-refractivity contribution in [2.24, 2.45) is 7.05 Å². The first-order chi connectivity index (χ1) is 15.3. The molecule has 0 aliphatic rings. The van der Waals surface area contributed by atoms with Gasteiger partial charge in [0.25, 0.3) is 5.56 Å². The van der Waals surface area contributed by atoms with Crippen molar-refractivity contribution in [1.29, 1.82) is 0 Å². The standard InChI is InChI=1S/C24H19N3O4S/c1-27-14-19(17-10-12-26-23(17)24(27)28)18-13-16(32(2,29)30)8-9-20(18)31-21-7-3-5-15-6-4-11-25-22(15)21/h3-14,26H,1-2H3. The molecule has 0 radical (unpaired) electrons. The highest BCUT2D eigenvalue weighted by molar-refractivity contribution is 7.90. The summed E-state index contributed by atoms with van der Waals surface area (Å²) in [6.45, 7) is 0. The van der Waals surface area contributed by atoms with Crippen molar-refractivity contribution < 1.29 is 13.2 Å². The lowest BCUT2D eigenvalue weighted by molar-refractivity contribution is 0.488. The number of aromatic amines is 1. The number of aryl methyl sites for hydroxylation is 1. The molecular weight excluding hydrogens is 426 g/mol. The summed E-state index contributed by atoms with van der Waals surface area (Å²) in [5.74, 6) is 1.00. The van der Waals surface area contributed by atoms with E-state index < -0.39 is 9.84 Å². The van der Waals surface area contributed by atoms with E-state index in [-0.39, 0.29) is 10.5 Å². The molecule has 0 saturated heterocycles. The maximum Gasteiger partial charge on any atom is 0.274 e. The molecule has 3 aromatic heterocycles. The highest BCUT2D eigenvalue weighted by atomic mass is 32.2. The Morgan fingerprint density at radius 2 is 1.81 bits per heavy atom. The molecular formula is C24H19N3O4S. The number of hydrogen-bond acceptors (Lipinski definition) is 5. The largest absolute Gasteiger partial charge is 0.454 e. The van der Waals surface area contributed by atoms with Gasteiger partial charge >= 0.3 is 0 Å². The lowest BCUT2D eigenvalue weighted by atomic mass is 10.0. The van der Waals surface area contributed by atoms with Gasteiger partial charge in [0.1, 0.15) is 16.8 Å². The second kappa shape index (κ2) is 7.35. The number of H-pyrrole nitrogens is 1. The smallest absolute Gasteiger partial charge is 0.274 e. The Balaban J connectivity index is 1.78. The highest BCUT2D eigenvalue weighted by Crippen LogP contribution is 2.39. The number of nitrogens with zero attached hydrogens (tertiary/aromatic N) is 2. The molecule has 0 bridgehead atoms. The molecule has 0 saturated carbocycles. The summed E-state index contributed by atoms with van der Waals surface area (Å²) in [7, 11) is -1.81. The second-order valence-electron chi connectivity index (χ2n) is 7.59. The SMILES string of the molecule is Cn1cc(-c2cc(S(C)(=O)=O)ccc2Oc2cccc3cccnc23)c2cc[nH]c2c1=O. The third-order valence-electron chi connectivity index (χ3n) is 5.38. The highest BCUT2D eigenvalue weighted by Gasteiger charge is 2.18. The van der Waals surface area contributed by atoms with Crippen molar-refractivity contribution >= 4 is 31.6 Å². The van der Waals surface area contributed by atoms with E-state index >= 15 is 0 Å². The molecule has 0 aliphatic carbocycles. The Hall–Kier alpha value is -3.91. The molecule has 8 heteroatoms. The predicted octanol–water partition coefficient (Wildman–Crippen LogP) is 4.28. The van der Waals surface area contributed by atoms with Gasteiger partial charge in [0.05, 0.1) is 4.90 Å². The minimum absolute atomic E-state index is 0.161. The topological polar surface area (TPSA) is 94.0 Å². The Kier molecular flexibility index (Phi) is 4.60. The first-order valence-electron chi connectivity index (χ1n) is 9.86. The van der Waals surface area contributed by atoms with E-state index in [1.807, 2.05) is 30.3 Å². The van der Waals surface area contributed by atoms with Crippen LogP contribution in [0.4, 0.5) is 0 Å². The van der Waals surface area contributed by atoms with Crippen LogP contribution in [0.1, 0.15) is 0 Å². The summed E-state index contributed by atoms with van der Waals surface area (Å²) < 4.78 is 32.3. The number of ether oxygens (including phenoxy) is 1. The van der Waals surface area contributed by atoms with Gasteiger partial charge in [-0.3, -0.25) is 9.78 Å². The van der Waals surface area contributed by atoms with Crippen molar-refractivity contribution in [2.45, 2.75) is 4.90 Å². The van der Waals surface area contributed by atoms with E-state index in [2.05, 4.69) is 9.97 Å². The molecule has 32 heavy (non-hydrogen) atoms. The fourth-order valence-corrected chi connectivity index (χ4v) is 4.45. The van der Waals surface area contributed by atoms with Crippen molar-refractivity contribution in [3.05, 3.63) is 83.5 Å². The summed E-state index contributed by atoms with van der Waals surface area (Å²) in [5, 5.41) is 1.61. The monoisotopic (exact) mass is 445 g/mol. The van der Waals surface area contributed by atoms with Gasteiger partial charge in [-0.25, -0.2) is 8.42 Å². The van der Waals surface area contributed by atoms with Crippen molar-refractivity contribution in [2.75, 3.05) is 6.26 Å². The number of aromatic nitrogens is 3. The molecule has 160 valence electrons. The van der Waals surface area contributed by atoms with E-state index in [0.717, 1.165) is 11.6 Å². The van der Waals surface area contributed by atoms with Gasteiger partial charge in [0, 0.05) is 53.8 Å². The van der Waals surface area contributed by atoms with Gasteiger partial charge in [-0.1, -0.05) is 18.2 Å². The molecule has 5 aromatic rings. The average molecular weight is 446 g/mol. The third kappa shape index (κ3) is 3.34. The van der Waals surface area contributed by atoms with Crippen LogP contribution in [0.3, 0.4) is 0 Å². The molecule has 0 unspecified atom stereocenters. The van der Waals surface area contributed by atoms with E-state index in [9.17, 15) is 13.2 Å². The summed E-state index contributed by atoms with van der Waals surface area (Å²) in [6.07, 6.45) is 6.23. The van der Waals surface area contributed by atoms with Crippen LogP contribution in [0, 0.1) is 0 Å². The number of benzene rings is 2. The molecule has 7 nitrogen and oxygen atoms in total. The van der Waals surface area contributed by atoms with E-state index in [1.54, 1.807) is 43.8 Å². The lowest BCUT2D eigenvalue weighted by Crippen LogP contribution is -2.16. The van der Waals surface area contributed by atoms with Crippen molar-refractivity contribution in [3.8, 4) is 22.6 Å². The molecule has 1 N–H and O–H groups in total. The van der Waals surface area contributed by atoms with Gasteiger partial charge in [0.15, 0.2) is 15.6 Å². The minimum atomic E-state index is -3.46. The Bertz CT molecular complexity index is 1660. The van der Waals surface area contributed by atoms with Gasteiger partial charge in [-0.05, 0) is 36.4 Å². The zero-order chi connectivity index (χ0) is 22.5. The molecule has 0 amide bonds. The van der Waals surface area contributed by atoms with Gasteiger partial charge < -0.3 is 14.3 Å². The minimum Gasteiger partial charge on any atom is -0.454 e. The van der Waals surface area contributed by atoms with Gasteiger partial charge in [0.2, 0.25) is 0 Å². The number of fused-ring (bicyclic) bond motifs is 2. The number of pyridine rings is 2. The van der Waals surface area contributed by atoms with Crippen LogP contribution in [0.25, 0.3) is 32.9 Å². The van der Waals surface area contributed by atoms with Crippen molar-refractivity contribution in [1.82, 2.24) is 14.5 Å². The molecule has 5 rings (SSSR count). The number of nitrogens with one attached hydrogen (secondary N) is 1. The Morgan fingerprint density at radius 1 is 1.00 bits per heavy atom. The molecule has 0 atom stereocenters. The van der Waals surface area contributed by atoms with E-state index in [1.165, 1.54) is 10.6 Å². The van der Waals surface area contributed by atoms with Crippen LogP contribution in [0.2, 0.25) is 0 Å². The zero-order valence-electron chi connectivity index (χ0n) is 17.4. The number of rotatable bonds is 4. The van der Waals surface area contributed by atoms with Crippen LogP contribution >= 0.6 is 0 Å². The summed E-state index contributed by atoms with van der Waals surface area (Å²) in [5.41, 5.74) is 2.19. The fourth-order valence-electron chi connectivity index (χ4n) is 3.80. The Morgan fingerprint density at radius 3 is 2.62 bits per heavy atom. The normalized spacial score (nSPS) is 11.8. The number of para-hydroxylation sites is 1.